The number of hydrogen-bond donors (Lipinski definition) is 1. The molecule has 3 nitrogen and oxygen atoms in total. The lowest BCUT2D eigenvalue weighted by atomic mass is 9.86. The van der Waals surface area contributed by atoms with Gasteiger partial charge in [0.25, 0.3) is 0 Å². The number of hydrogen-bond acceptors (Lipinski definition) is 2. The fraction of sp³-hybridized carbons (Fsp3) is 0.938. The fourth-order valence-corrected chi connectivity index (χ4v) is 4.51. The van der Waals surface area contributed by atoms with Crippen molar-refractivity contribution < 1.29 is 4.79 Å². The minimum absolute atomic E-state index is 0.295. The predicted molar refractivity (Wildman–Crippen MR) is 76.8 cm³/mol. The van der Waals surface area contributed by atoms with E-state index < -0.39 is 0 Å². The molecule has 2 aliphatic carbocycles. The van der Waals surface area contributed by atoms with E-state index in [9.17, 15) is 4.79 Å². The number of fused-ring (bicyclic) bond motifs is 2. The number of amides is 1. The number of nitrogens with one attached hydrogen (secondary N) is 1. The molecule has 3 aliphatic rings. The van der Waals surface area contributed by atoms with Gasteiger partial charge in [-0.05, 0) is 69.9 Å². The van der Waals surface area contributed by atoms with Crippen LogP contribution in [0.15, 0.2) is 0 Å². The van der Waals surface area contributed by atoms with Crippen LogP contribution in [0.3, 0.4) is 0 Å². The summed E-state index contributed by atoms with van der Waals surface area (Å²) in [6.45, 7) is 5.50. The molecule has 2 saturated carbocycles. The topological polar surface area (TPSA) is 32.3 Å². The van der Waals surface area contributed by atoms with Crippen molar-refractivity contribution in [2.75, 3.05) is 19.6 Å². The van der Waals surface area contributed by atoms with E-state index in [2.05, 4.69) is 17.1 Å². The number of likely N-dealkylation sites (tertiary alicyclic amines) is 1. The van der Waals surface area contributed by atoms with Crippen LogP contribution in [0.1, 0.15) is 51.9 Å². The molecular formula is C16H28N2O. The zero-order valence-corrected chi connectivity index (χ0v) is 12.2. The molecule has 1 heterocycles. The Labute approximate surface area is 117 Å². The van der Waals surface area contributed by atoms with E-state index in [4.69, 9.17) is 0 Å². The van der Waals surface area contributed by atoms with Crippen LogP contribution in [0.25, 0.3) is 0 Å². The van der Waals surface area contributed by atoms with Gasteiger partial charge in [-0.15, -0.1) is 0 Å². The molecule has 3 fully saturated rings. The molecule has 0 aromatic rings. The molecule has 4 unspecified atom stereocenters. The van der Waals surface area contributed by atoms with E-state index in [1.54, 1.807) is 0 Å². The number of nitrogens with zero attached hydrogens (tertiary/aromatic N) is 1. The summed E-state index contributed by atoms with van der Waals surface area (Å²) in [6, 6.07) is 0.506. The fourth-order valence-electron chi connectivity index (χ4n) is 4.51. The van der Waals surface area contributed by atoms with E-state index in [1.165, 1.54) is 51.6 Å². The molecule has 0 aromatic heterocycles. The first-order valence-corrected chi connectivity index (χ1v) is 8.23. The van der Waals surface area contributed by atoms with Gasteiger partial charge in [0.15, 0.2) is 0 Å². The SMILES string of the molecule is CC(CNC(=O)CC1CC2CCC1C2)N1CCCC1. The summed E-state index contributed by atoms with van der Waals surface area (Å²) < 4.78 is 0. The van der Waals surface area contributed by atoms with Crippen LogP contribution in [0.4, 0.5) is 0 Å². The van der Waals surface area contributed by atoms with Gasteiger partial charge in [-0.1, -0.05) is 6.42 Å². The summed E-state index contributed by atoms with van der Waals surface area (Å²) in [5, 5.41) is 3.17. The lowest BCUT2D eigenvalue weighted by Crippen LogP contribution is -2.41. The van der Waals surface area contributed by atoms with Gasteiger partial charge >= 0.3 is 0 Å². The molecule has 19 heavy (non-hydrogen) atoms. The number of rotatable bonds is 5. The summed E-state index contributed by atoms with van der Waals surface area (Å²) in [5.74, 6) is 2.81. The molecule has 1 saturated heterocycles. The number of carbonyl (C=O) groups is 1. The summed E-state index contributed by atoms with van der Waals surface area (Å²) in [5.41, 5.74) is 0. The molecular weight excluding hydrogens is 236 g/mol. The smallest absolute Gasteiger partial charge is 0.220 e. The zero-order chi connectivity index (χ0) is 13.2. The Bertz CT molecular complexity index is 325. The first-order chi connectivity index (χ1) is 9.22. The summed E-state index contributed by atoms with van der Waals surface area (Å²) >= 11 is 0. The van der Waals surface area contributed by atoms with Gasteiger partial charge in [0.2, 0.25) is 5.91 Å². The van der Waals surface area contributed by atoms with Crippen LogP contribution in [0.2, 0.25) is 0 Å². The first kappa shape index (κ1) is 13.4. The Kier molecular flexibility index (Phi) is 4.11. The Hall–Kier alpha value is -0.570. The first-order valence-electron chi connectivity index (χ1n) is 8.23. The predicted octanol–water partition coefficient (Wildman–Crippen LogP) is 2.41. The van der Waals surface area contributed by atoms with Crippen LogP contribution < -0.4 is 5.32 Å². The Balaban J connectivity index is 1.37. The summed E-state index contributed by atoms with van der Waals surface area (Å²) in [4.78, 5) is 14.6. The van der Waals surface area contributed by atoms with Crippen molar-refractivity contribution in [3.05, 3.63) is 0 Å². The van der Waals surface area contributed by atoms with Crippen molar-refractivity contribution in [3.63, 3.8) is 0 Å². The van der Waals surface area contributed by atoms with Crippen LogP contribution in [-0.4, -0.2) is 36.5 Å². The zero-order valence-electron chi connectivity index (χ0n) is 12.2. The van der Waals surface area contributed by atoms with Gasteiger partial charge in [-0.3, -0.25) is 9.69 Å². The van der Waals surface area contributed by atoms with E-state index in [-0.39, 0.29) is 0 Å². The number of carbonyl (C=O) groups excluding carboxylic acids is 1. The van der Waals surface area contributed by atoms with Crippen LogP contribution in [0.5, 0.6) is 0 Å². The van der Waals surface area contributed by atoms with Gasteiger partial charge < -0.3 is 5.32 Å². The van der Waals surface area contributed by atoms with E-state index in [0.29, 0.717) is 17.9 Å². The normalized spacial score (nSPS) is 35.7. The van der Waals surface area contributed by atoms with Gasteiger partial charge in [-0.2, -0.15) is 0 Å². The molecule has 0 aromatic carbocycles. The lowest BCUT2D eigenvalue weighted by Gasteiger charge is -2.25. The van der Waals surface area contributed by atoms with Crippen LogP contribution >= 0.6 is 0 Å². The van der Waals surface area contributed by atoms with Crippen molar-refractivity contribution >= 4 is 5.91 Å². The molecule has 4 atom stereocenters. The molecule has 1 N–H and O–H groups in total. The van der Waals surface area contributed by atoms with Crippen molar-refractivity contribution in [2.24, 2.45) is 17.8 Å². The van der Waals surface area contributed by atoms with Crippen molar-refractivity contribution in [3.8, 4) is 0 Å². The average molecular weight is 264 g/mol. The standard InChI is InChI=1S/C16H28N2O/c1-12(18-6-2-3-7-18)11-17-16(19)10-15-9-13-4-5-14(15)8-13/h12-15H,2-11H2,1H3,(H,17,19). The maximum Gasteiger partial charge on any atom is 0.220 e. The largest absolute Gasteiger partial charge is 0.355 e. The molecule has 3 heteroatoms. The van der Waals surface area contributed by atoms with E-state index >= 15 is 0 Å². The van der Waals surface area contributed by atoms with E-state index in [1.807, 2.05) is 0 Å². The quantitative estimate of drug-likeness (QED) is 0.827. The van der Waals surface area contributed by atoms with Gasteiger partial charge in [0.1, 0.15) is 0 Å². The van der Waals surface area contributed by atoms with Crippen LogP contribution in [0, 0.1) is 17.8 Å². The van der Waals surface area contributed by atoms with Crippen molar-refractivity contribution in [2.45, 2.75) is 57.9 Å². The Morgan fingerprint density at radius 2 is 2.05 bits per heavy atom. The molecule has 1 amide bonds. The molecule has 108 valence electrons. The highest BCUT2D eigenvalue weighted by Gasteiger charge is 2.40. The third kappa shape index (κ3) is 3.13. The third-order valence-electron chi connectivity index (χ3n) is 5.69. The highest BCUT2D eigenvalue weighted by molar-refractivity contribution is 5.76. The van der Waals surface area contributed by atoms with Gasteiger partial charge in [0.05, 0.1) is 0 Å². The second kappa shape index (κ2) is 5.82. The monoisotopic (exact) mass is 264 g/mol. The summed E-state index contributed by atoms with van der Waals surface area (Å²) in [7, 11) is 0. The van der Waals surface area contributed by atoms with Crippen molar-refractivity contribution in [1.29, 1.82) is 0 Å². The second-order valence-corrected chi connectivity index (χ2v) is 7.04. The van der Waals surface area contributed by atoms with Gasteiger partial charge in [-0.25, -0.2) is 0 Å². The second-order valence-electron chi connectivity index (χ2n) is 7.04. The van der Waals surface area contributed by atoms with E-state index in [0.717, 1.165) is 24.8 Å². The molecule has 3 rings (SSSR count). The third-order valence-corrected chi connectivity index (χ3v) is 5.69. The lowest BCUT2D eigenvalue weighted by molar-refractivity contribution is -0.122. The molecule has 0 spiro atoms. The Morgan fingerprint density at radius 3 is 2.68 bits per heavy atom. The highest BCUT2D eigenvalue weighted by atomic mass is 16.1. The molecule has 1 aliphatic heterocycles. The minimum atomic E-state index is 0.295. The van der Waals surface area contributed by atoms with Crippen LogP contribution in [-0.2, 0) is 4.79 Å². The molecule has 2 bridgehead atoms. The summed E-state index contributed by atoms with van der Waals surface area (Å²) in [6.07, 6.45) is 8.96. The minimum Gasteiger partial charge on any atom is -0.355 e. The highest BCUT2D eigenvalue weighted by Crippen LogP contribution is 2.49. The Morgan fingerprint density at radius 1 is 1.26 bits per heavy atom. The van der Waals surface area contributed by atoms with Crippen molar-refractivity contribution in [1.82, 2.24) is 10.2 Å². The average Bonchev–Trinajstić information content (AvgIpc) is 3.12. The maximum atomic E-state index is 12.1. The van der Waals surface area contributed by atoms with Gasteiger partial charge in [0, 0.05) is 19.0 Å². The molecule has 0 radical (unpaired) electrons. The maximum absolute atomic E-state index is 12.1.